The zero-order valence-corrected chi connectivity index (χ0v) is 14.6. The van der Waals surface area contributed by atoms with Crippen LogP contribution in [0.2, 0.25) is 0 Å². The molecule has 7 nitrogen and oxygen atoms in total. The molecule has 136 valence electrons. The molecule has 0 aliphatic rings. The van der Waals surface area contributed by atoms with E-state index in [1.807, 2.05) is 18.2 Å². The average molecular weight is 370 g/mol. The monoisotopic (exact) mass is 370 g/mol. The van der Waals surface area contributed by atoms with Crippen LogP contribution in [0.15, 0.2) is 85.2 Å². The van der Waals surface area contributed by atoms with Crippen LogP contribution in [0.25, 0.3) is 5.69 Å². The van der Waals surface area contributed by atoms with Gasteiger partial charge in [0.15, 0.2) is 5.78 Å². The molecule has 0 fully saturated rings. The summed E-state index contributed by atoms with van der Waals surface area (Å²) < 4.78 is 6.83. The lowest BCUT2D eigenvalue weighted by molar-refractivity contribution is 0.0734. The Bertz CT molecular complexity index is 1110. The Morgan fingerprint density at radius 2 is 1.46 bits per heavy atom. The van der Waals surface area contributed by atoms with E-state index in [1.165, 1.54) is 11.0 Å². The van der Waals surface area contributed by atoms with Crippen molar-refractivity contribution in [1.29, 1.82) is 0 Å². The number of tetrazole rings is 1. The number of carbonyl (C=O) groups is 2. The van der Waals surface area contributed by atoms with Gasteiger partial charge in [-0.05, 0) is 46.8 Å². The number of aromatic nitrogens is 4. The maximum absolute atomic E-state index is 12.6. The molecule has 7 heteroatoms. The van der Waals surface area contributed by atoms with E-state index in [-0.39, 0.29) is 5.78 Å². The Hall–Kier alpha value is -4.13. The minimum absolute atomic E-state index is 0.0949. The number of hydrogen-bond acceptors (Lipinski definition) is 6. The summed E-state index contributed by atoms with van der Waals surface area (Å²) in [6, 6.07) is 22.3. The highest BCUT2D eigenvalue weighted by Gasteiger charge is 2.16. The molecule has 4 aromatic rings. The van der Waals surface area contributed by atoms with E-state index in [1.54, 1.807) is 60.7 Å². The molecule has 0 unspecified atom stereocenters. The predicted molar refractivity (Wildman–Crippen MR) is 100 cm³/mol. The third-order valence-corrected chi connectivity index (χ3v) is 4.08. The van der Waals surface area contributed by atoms with Crippen molar-refractivity contribution in [3.05, 3.63) is 102 Å². The van der Waals surface area contributed by atoms with E-state index >= 15 is 0 Å². The first-order valence-electron chi connectivity index (χ1n) is 8.47. The Kier molecular flexibility index (Phi) is 4.71. The third-order valence-electron chi connectivity index (χ3n) is 4.08. The average Bonchev–Trinajstić information content (AvgIpc) is 3.29. The number of para-hydroxylation sites is 1. The summed E-state index contributed by atoms with van der Waals surface area (Å²) in [6.07, 6.45) is 1.40. The summed E-state index contributed by atoms with van der Waals surface area (Å²) in [6.45, 7) is 0. The summed E-state index contributed by atoms with van der Waals surface area (Å²) in [7, 11) is 0. The van der Waals surface area contributed by atoms with Crippen molar-refractivity contribution in [2.45, 2.75) is 0 Å². The van der Waals surface area contributed by atoms with E-state index in [4.69, 9.17) is 4.74 Å². The summed E-state index contributed by atoms with van der Waals surface area (Å²) in [4.78, 5) is 25.0. The van der Waals surface area contributed by atoms with Crippen LogP contribution in [-0.2, 0) is 0 Å². The van der Waals surface area contributed by atoms with Crippen molar-refractivity contribution >= 4 is 11.8 Å². The van der Waals surface area contributed by atoms with Crippen molar-refractivity contribution in [2.75, 3.05) is 0 Å². The SMILES string of the molecule is O=C(c1ccccc1)c1ccc(OC(=O)c2ccccc2-n2cnnn2)cc1. The fraction of sp³-hybridized carbons (Fsp3) is 0. The molecular weight excluding hydrogens is 356 g/mol. The van der Waals surface area contributed by atoms with E-state index in [0.29, 0.717) is 28.1 Å². The van der Waals surface area contributed by atoms with Gasteiger partial charge in [0.05, 0.1) is 11.3 Å². The molecule has 0 atom stereocenters. The van der Waals surface area contributed by atoms with Crippen molar-refractivity contribution in [2.24, 2.45) is 0 Å². The van der Waals surface area contributed by atoms with Crippen molar-refractivity contribution in [3.8, 4) is 11.4 Å². The molecule has 1 aromatic heterocycles. The molecule has 0 amide bonds. The number of carbonyl (C=O) groups excluding carboxylic acids is 2. The summed E-state index contributed by atoms with van der Waals surface area (Å²) in [5, 5.41) is 11.0. The first kappa shape index (κ1) is 17.3. The van der Waals surface area contributed by atoms with Gasteiger partial charge < -0.3 is 4.74 Å². The molecule has 0 aliphatic carbocycles. The lowest BCUT2D eigenvalue weighted by atomic mass is 10.0. The van der Waals surface area contributed by atoms with Crippen LogP contribution in [0.4, 0.5) is 0 Å². The van der Waals surface area contributed by atoms with Gasteiger partial charge in [-0.3, -0.25) is 4.79 Å². The second-order valence-electron chi connectivity index (χ2n) is 5.88. The van der Waals surface area contributed by atoms with Crippen LogP contribution in [0.1, 0.15) is 26.3 Å². The number of rotatable bonds is 5. The maximum atomic E-state index is 12.6. The minimum atomic E-state index is -0.548. The molecule has 3 aromatic carbocycles. The molecule has 1 heterocycles. The fourth-order valence-electron chi connectivity index (χ4n) is 2.71. The summed E-state index contributed by atoms with van der Waals surface area (Å²) >= 11 is 0. The predicted octanol–water partition coefficient (Wildman–Crippen LogP) is 3.11. The molecule has 0 bridgehead atoms. The van der Waals surface area contributed by atoms with Gasteiger partial charge in [-0.2, -0.15) is 4.68 Å². The second-order valence-corrected chi connectivity index (χ2v) is 5.88. The van der Waals surface area contributed by atoms with Gasteiger partial charge in [-0.15, -0.1) is 5.10 Å². The fourth-order valence-corrected chi connectivity index (χ4v) is 2.71. The largest absolute Gasteiger partial charge is 0.423 e. The molecule has 0 aliphatic heterocycles. The zero-order chi connectivity index (χ0) is 19.3. The van der Waals surface area contributed by atoms with Crippen LogP contribution in [0, 0.1) is 0 Å². The molecule has 28 heavy (non-hydrogen) atoms. The number of hydrogen-bond donors (Lipinski definition) is 0. The van der Waals surface area contributed by atoms with Crippen LogP contribution >= 0.6 is 0 Å². The van der Waals surface area contributed by atoms with Gasteiger partial charge in [0, 0.05) is 11.1 Å². The zero-order valence-electron chi connectivity index (χ0n) is 14.6. The van der Waals surface area contributed by atoms with Crippen LogP contribution < -0.4 is 4.74 Å². The Balaban J connectivity index is 1.53. The highest BCUT2D eigenvalue weighted by molar-refractivity contribution is 6.09. The Morgan fingerprint density at radius 1 is 0.786 bits per heavy atom. The van der Waals surface area contributed by atoms with Crippen molar-refractivity contribution < 1.29 is 14.3 Å². The third kappa shape index (κ3) is 3.54. The van der Waals surface area contributed by atoms with Gasteiger partial charge >= 0.3 is 5.97 Å². The maximum Gasteiger partial charge on any atom is 0.345 e. The molecule has 0 N–H and O–H groups in total. The Labute approximate surface area is 160 Å². The molecule has 0 radical (unpaired) electrons. The number of ketones is 1. The lowest BCUT2D eigenvalue weighted by Crippen LogP contribution is -2.13. The van der Waals surface area contributed by atoms with E-state index < -0.39 is 5.97 Å². The highest BCUT2D eigenvalue weighted by Crippen LogP contribution is 2.19. The second kappa shape index (κ2) is 7.63. The normalized spacial score (nSPS) is 10.4. The van der Waals surface area contributed by atoms with Gasteiger partial charge in [0.2, 0.25) is 0 Å². The number of ether oxygens (including phenoxy) is 1. The van der Waals surface area contributed by atoms with Gasteiger partial charge in [-0.1, -0.05) is 42.5 Å². The molecule has 0 saturated heterocycles. The van der Waals surface area contributed by atoms with Gasteiger partial charge in [0.25, 0.3) is 0 Å². The summed E-state index contributed by atoms with van der Waals surface area (Å²) in [5.74, 6) is -0.308. The Morgan fingerprint density at radius 3 is 2.18 bits per heavy atom. The standard InChI is InChI=1S/C21H14N4O3/c26-20(15-6-2-1-3-7-15)16-10-12-17(13-11-16)28-21(27)18-8-4-5-9-19(18)25-14-22-23-24-25/h1-14H. The molecular formula is C21H14N4O3. The van der Waals surface area contributed by atoms with Gasteiger partial charge in [-0.25, -0.2) is 4.79 Å². The minimum Gasteiger partial charge on any atom is -0.423 e. The van der Waals surface area contributed by atoms with Crippen LogP contribution in [0.5, 0.6) is 5.75 Å². The van der Waals surface area contributed by atoms with Crippen LogP contribution in [0.3, 0.4) is 0 Å². The lowest BCUT2D eigenvalue weighted by Gasteiger charge is -2.09. The molecule has 0 saturated carbocycles. The first-order chi connectivity index (χ1) is 13.7. The van der Waals surface area contributed by atoms with Crippen molar-refractivity contribution in [3.63, 3.8) is 0 Å². The smallest absolute Gasteiger partial charge is 0.345 e. The molecule has 4 rings (SSSR count). The van der Waals surface area contributed by atoms with E-state index in [0.717, 1.165) is 0 Å². The number of nitrogens with zero attached hydrogens (tertiary/aromatic N) is 4. The topological polar surface area (TPSA) is 87.0 Å². The van der Waals surface area contributed by atoms with Crippen molar-refractivity contribution in [1.82, 2.24) is 20.2 Å². The number of benzene rings is 3. The van der Waals surface area contributed by atoms with E-state index in [2.05, 4.69) is 15.5 Å². The van der Waals surface area contributed by atoms with Crippen LogP contribution in [-0.4, -0.2) is 32.0 Å². The highest BCUT2D eigenvalue weighted by atomic mass is 16.5. The van der Waals surface area contributed by atoms with Gasteiger partial charge in [0.1, 0.15) is 12.1 Å². The van der Waals surface area contributed by atoms with E-state index in [9.17, 15) is 9.59 Å². The number of esters is 1. The quantitative estimate of drug-likeness (QED) is 0.305. The summed E-state index contributed by atoms with van der Waals surface area (Å²) in [5.41, 5.74) is 1.94. The first-order valence-corrected chi connectivity index (χ1v) is 8.47. The molecule has 0 spiro atoms.